The lowest BCUT2D eigenvalue weighted by Gasteiger charge is -2.19. The van der Waals surface area contributed by atoms with Crippen molar-refractivity contribution < 1.29 is 13.2 Å². The van der Waals surface area contributed by atoms with Crippen molar-refractivity contribution in [3.8, 4) is 11.3 Å². The molecule has 20 heavy (non-hydrogen) atoms. The van der Waals surface area contributed by atoms with Gasteiger partial charge in [-0.15, -0.1) is 0 Å². The van der Waals surface area contributed by atoms with E-state index in [-0.39, 0.29) is 11.1 Å². The average Bonchev–Trinajstić information content (AvgIpc) is 2.74. The zero-order chi connectivity index (χ0) is 15.0. The fraction of sp³-hybridized carbons (Fsp3) is 0.357. The van der Waals surface area contributed by atoms with Crippen LogP contribution in [0.4, 0.5) is 19.0 Å². The third-order valence-corrected chi connectivity index (χ3v) is 2.60. The molecule has 1 aromatic heterocycles. The van der Waals surface area contributed by atoms with E-state index < -0.39 is 11.7 Å². The van der Waals surface area contributed by atoms with Gasteiger partial charge in [0.15, 0.2) is 0 Å². The lowest BCUT2D eigenvalue weighted by Crippen LogP contribution is -2.26. The maximum Gasteiger partial charge on any atom is 0.417 e. The summed E-state index contributed by atoms with van der Waals surface area (Å²) in [6.07, 6.45) is -4.39. The molecule has 0 spiro atoms. The summed E-state index contributed by atoms with van der Waals surface area (Å²) in [6, 6.07) is 7.01. The highest BCUT2D eigenvalue weighted by Crippen LogP contribution is 2.36. The van der Waals surface area contributed by atoms with E-state index in [1.165, 1.54) is 12.1 Å². The summed E-state index contributed by atoms with van der Waals surface area (Å²) in [5, 5.41) is 9.75. The quantitative estimate of drug-likeness (QED) is 0.862. The van der Waals surface area contributed by atoms with Crippen LogP contribution in [0.3, 0.4) is 0 Å². The molecule has 0 atom stereocenters. The van der Waals surface area contributed by atoms with Crippen molar-refractivity contribution in [3.63, 3.8) is 0 Å². The lowest BCUT2D eigenvalue weighted by molar-refractivity contribution is -0.137. The number of rotatable bonds is 2. The molecule has 0 fully saturated rings. The van der Waals surface area contributed by atoms with Gasteiger partial charge in [-0.2, -0.15) is 18.3 Å². The summed E-state index contributed by atoms with van der Waals surface area (Å²) in [7, 11) is 0. The van der Waals surface area contributed by atoms with Crippen molar-refractivity contribution in [2.24, 2.45) is 0 Å². The normalized spacial score (nSPS) is 12.5. The SMILES string of the molecule is CC(C)(C)Nc1cc(-c2ccccc2C(F)(F)F)[nH]n1. The van der Waals surface area contributed by atoms with Gasteiger partial charge in [-0.1, -0.05) is 18.2 Å². The van der Waals surface area contributed by atoms with E-state index in [1.807, 2.05) is 20.8 Å². The van der Waals surface area contributed by atoms with Gasteiger partial charge in [0, 0.05) is 17.2 Å². The molecule has 0 aliphatic rings. The fourth-order valence-corrected chi connectivity index (χ4v) is 1.87. The van der Waals surface area contributed by atoms with Crippen molar-refractivity contribution in [3.05, 3.63) is 35.9 Å². The van der Waals surface area contributed by atoms with Crippen LogP contribution in [0, 0.1) is 0 Å². The van der Waals surface area contributed by atoms with Gasteiger partial charge in [-0.3, -0.25) is 5.10 Å². The summed E-state index contributed by atoms with van der Waals surface area (Å²) in [5.74, 6) is 0.518. The summed E-state index contributed by atoms with van der Waals surface area (Å²) in [4.78, 5) is 0. The number of benzene rings is 1. The van der Waals surface area contributed by atoms with Gasteiger partial charge in [-0.05, 0) is 26.8 Å². The second-order valence-electron chi connectivity index (χ2n) is 5.59. The molecule has 108 valence electrons. The van der Waals surface area contributed by atoms with Gasteiger partial charge in [0.1, 0.15) is 5.82 Å². The van der Waals surface area contributed by atoms with Crippen LogP contribution in [0.5, 0.6) is 0 Å². The van der Waals surface area contributed by atoms with E-state index in [2.05, 4.69) is 15.5 Å². The standard InChI is InChI=1S/C14H16F3N3/c1-13(2,3)18-12-8-11(19-20-12)9-6-4-5-7-10(9)14(15,16)17/h4-8H,1-3H3,(H2,18,19,20). The second kappa shape index (κ2) is 4.85. The Morgan fingerprint density at radius 3 is 2.35 bits per heavy atom. The number of nitrogens with one attached hydrogen (secondary N) is 2. The van der Waals surface area contributed by atoms with Crippen LogP contribution in [0.1, 0.15) is 26.3 Å². The van der Waals surface area contributed by atoms with E-state index in [0.717, 1.165) is 6.07 Å². The molecule has 6 heteroatoms. The van der Waals surface area contributed by atoms with Gasteiger partial charge in [0.25, 0.3) is 0 Å². The highest BCUT2D eigenvalue weighted by Gasteiger charge is 2.33. The number of aromatic nitrogens is 2. The minimum atomic E-state index is -4.39. The monoisotopic (exact) mass is 283 g/mol. The van der Waals surface area contributed by atoms with Crippen LogP contribution >= 0.6 is 0 Å². The predicted octanol–water partition coefficient (Wildman–Crippen LogP) is 4.31. The number of hydrogen-bond donors (Lipinski definition) is 2. The number of aromatic amines is 1. The van der Waals surface area contributed by atoms with Crippen LogP contribution in [-0.4, -0.2) is 15.7 Å². The fourth-order valence-electron chi connectivity index (χ4n) is 1.87. The molecular weight excluding hydrogens is 267 g/mol. The Kier molecular flexibility index (Phi) is 3.50. The van der Waals surface area contributed by atoms with Gasteiger partial charge in [-0.25, -0.2) is 0 Å². The first kappa shape index (κ1) is 14.4. The Morgan fingerprint density at radius 1 is 1.10 bits per heavy atom. The maximum absolute atomic E-state index is 13.0. The van der Waals surface area contributed by atoms with Gasteiger partial charge in [0.2, 0.25) is 0 Å². The van der Waals surface area contributed by atoms with E-state index in [1.54, 1.807) is 12.1 Å². The molecular formula is C14H16F3N3. The van der Waals surface area contributed by atoms with Crippen LogP contribution < -0.4 is 5.32 Å². The minimum absolute atomic E-state index is 0.0921. The molecule has 0 amide bonds. The first-order chi connectivity index (χ1) is 9.17. The smallest absolute Gasteiger partial charge is 0.364 e. The maximum atomic E-state index is 13.0. The summed E-state index contributed by atoms with van der Waals surface area (Å²) < 4.78 is 38.9. The van der Waals surface area contributed by atoms with Crippen LogP contribution in [0.15, 0.2) is 30.3 Å². The highest BCUT2D eigenvalue weighted by molar-refractivity contribution is 5.67. The topological polar surface area (TPSA) is 40.7 Å². The molecule has 1 heterocycles. The van der Waals surface area contributed by atoms with Crippen LogP contribution in [0.25, 0.3) is 11.3 Å². The van der Waals surface area contributed by atoms with Crippen molar-refractivity contribution in [2.75, 3.05) is 5.32 Å². The number of anilines is 1. The Balaban J connectivity index is 2.38. The molecule has 3 nitrogen and oxygen atoms in total. The third kappa shape index (κ3) is 3.31. The Morgan fingerprint density at radius 2 is 1.75 bits per heavy atom. The van der Waals surface area contributed by atoms with Crippen LogP contribution in [0.2, 0.25) is 0 Å². The zero-order valence-electron chi connectivity index (χ0n) is 11.5. The molecule has 0 aliphatic carbocycles. The summed E-state index contributed by atoms with van der Waals surface area (Å²) in [6.45, 7) is 5.85. The van der Waals surface area contributed by atoms with E-state index >= 15 is 0 Å². The lowest BCUT2D eigenvalue weighted by atomic mass is 10.0. The molecule has 2 N–H and O–H groups in total. The van der Waals surface area contributed by atoms with Crippen LogP contribution in [-0.2, 0) is 6.18 Å². The zero-order valence-corrected chi connectivity index (χ0v) is 11.5. The first-order valence-corrected chi connectivity index (χ1v) is 6.17. The number of alkyl halides is 3. The van der Waals surface area contributed by atoms with Crippen molar-refractivity contribution >= 4 is 5.82 Å². The first-order valence-electron chi connectivity index (χ1n) is 6.17. The largest absolute Gasteiger partial charge is 0.417 e. The van der Waals surface area contributed by atoms with E-state index in [9.17, 15) is 13.2 Å². The van der Waals surface area contributed by atoms with Crippen molar-refractivity contribution in [1.82, 2.24) is 10.2 Å². The molecule has 2 rings (SSSR count). The molecule has 0 bridgehead atoms. The van der Waals surface area contributed by atoms with E-state index in [4.69, 9.17) is 0 Å². The molecule has 0 unspecified atom stereocenters. The molecule has 0 aliphatic heterocycles. The summed E-state index contributed by atoms with van der Waals surface area (Å²) in [5.41, 5.74) is -0.458. The Labute approximate surface area is 115 Å². The number of halogens is 3. The second-order valence-corrected chi connectivity index (χ2v) is 5.59. The van der Waals surface area contributed by atoms with E-state index in [0.29, 0.717) is 11.5 Å². The van der Waals surface area contributed by atoms with Crippen molar-refractivity contribution in [1.29, 1.82) is 0 Å². The predicted molar refractivity (Wildman–Crippen MR) is 72.4 cm³/mol. The summed E-state index contributed by atoms with van der Waals surface area (Å²) >= 11 is 0. The Bertz CT molecular complexity index is 594. The van der Waals surface area contributed by atoms with Gasteiger partial charge in [0.05, 0.1) is 11.3 Å². The third-order valence-electron chi connectivity index (χ3n) is 2.60. The van der Waals surface area contributed by atoms with Gasteiger partial charge >= 0.3 is 6.18 Å². The van der Waals surface area contributed by atoms with Gasteiger partial charge < -0.3 is 5.32 Å². The highest BCUT2D eigenvalue weighted by atomic mass is 19.4. The Hall–Kier alpha value is -1.98. The molecule has 0 radical (unpaired) electrons. The average molecular weight is 283 g/mol. The number of H-pyrrole nitrogens is 1. The number of hydrogen-bond acceptors (Lipinski definition) is 2. The minimum Gasteiger partial charge on any atom is -0.364 e. The molecule has 2 aromatic rings. The molecule has 1 aromatic carbocycles. The molecule has 0 saturated carbocycles. The van der Waals surface area contributed by atoms with Crippen molar-refractivity contribution in [2.45, 2.75) is 32.5 Å². The number of nitrogens with zero attached hydrogens (tertiary/aromatic N) is 1. The molecule has 0 saturated heterocycles.